The fraction of sp³-hybridized carbons (Fsp3) is 0.111. The topological polar surface area (TPSA) is 81.8 Å². The van der Waals surface area contributed by atoms with Crippen molar-refractivity contribution in [3.05, 3.63) is 64.0 Å². The monoisotopic (exact) mass is 388 g/mol. The van der Waals surface area contributed by atoms with Crippen molar-refractivity contribution < 1.29 is 9.47 Å². The molecule has 0 bridgehead atoms. The number of thiazole rings is 1. The van der Waals surface area contributed by atoms with E-state index in [0.29, 0.717) is 34.1 Å². The van der Waals surface area contributed by atoms with Crippen LogP contribution in [0.15, 0.2) is 52.9 Å². The van der Waals surface area contributed by atoms with Crippen LogP contribution in [0.3, 0.4) is 0 Å². The fourth-order valence-electron chi connectivity index (χ4n) is 2.18. The molecule has 1 aromatic heterocycles. The van der Waals surface area contributed by atoms with Crippen molar-refractivity contribution in [1.29, 1.82) is 0 Å². The van der Waals surface area contributed by atoms with E-state index in [9.17, 15) is 0 Å². The molecule has 0 saturated heterocycles. The molecule has 0 aliphatic carbocycles. The Morgan fingerprint density at radius 1 is 1.27 bits per heavy atom. The first kappa shape index (κ1) is 18.0. The summed E-state index contributed by atoms with van der Waals surface area (Å²) < 4.78 is 11.4. The standard InChI is InChI=1S/C18H17ClN4O2S/c1-24-15-4-2-3-13(9-21-23-18-22-16(20)11-26-18)17(15)25-10-12-5-7-14(19)8-6-12/h2-9,11H,10,20H2,1H3,(H,22,23). The Labute approximate surface area is 160 Å². The third kappa shape index (κ3) is 4.65. The van der Waals surface area contributed by atoms with Crippen LogP contribution in [0.2, 0.25) is 5.02 Å². The van der Waals surface area contributed by atoms with Crippen molar-refractivity contribution in [2.45, 2.75) is 6.61 Å². The zero-order chi connectivity index (χ0) is 18.4. The molecule has 134 valence electrons. The second-order valence-electron chi connectivity index (χ2n) is 5.24. The molecule has 3 aromatic rings. The van der Waals surface area contributed by atoms with Gasteiger partial charge in [-0.2, -0.15) is 5.10 Å². The smallest absolute Gasteiger partial charge is 0.205 e. The maximum Gasteiger partial charge on any atom is 0.205 e. The Balaban J connectivity index is 1.75. The number of rotatable bonds is 7. The van der Waals surface area contributed by atoms with Gasteiger partial charge in [0.2, 0.25) is 5.13 Å². The number of ether oxygens (including phenoxy) is 2. The van der Waals surface area contributed by atoms with E-state index in [1.54, 1.807) is 18.7 Å². The number of benzene rings is 2. The number of nitrogens with one attached hydrogen (secondary N) is 1. The van der Waals surface area contributed by atoms with Gasteiger partial charge in [0.05, 0.1) is 13.3 Å². The molecule has 0 aliphatic rings. The summed E-state index contributed by atoms with van der Waals surface area (Å²) in [5.41, 5.74) is 10.2. The maximum atomic E-state index is 5.97. The van der Waals surface area contributed by atoms with E-state index in [1.807, 2.05) is 42.5 Å². The van der Waals surface area contributed by atoms with Gasteiger partial charge >= 0.3 is 0 Å². The second-order valence-corrected chi connectivity index (χ2v) is 6.54. The predicted molar refractivity (Wildman–Crippen MR) is 107 cm³/mol. The third-order valence-electron chi connectivity index (χ3n) is 3.41. The van der Waals surface area contributed by atoms with Gasteiger partial charge < -0.3 is 15.2 Å². The first-order valence-corrected chi connectivity index (χ1v) is 8.96. The number of hydrogen-bond donors (Lipinski definition) is 2. The Morgan fingerprint density at radius 3 is 2.77 bits per heavy atom. The first-order valence-electron chi connectivity index (χ1n) is 7.70. The van der Waals surface area contributed by atoms with Crippen LogP contribution in [0, 0.1) is 0 Å². The number of nitrogens with zero attached hydrogens (tertiary/aromatic N) is 2. The molecule has 1 heterocycles. The molecule has 0 amide bonds. The minimum absolute atomic E-state index is 0.384. The lowest BCUT2D eigenvalue weighted by Gasteiger charge is -2.13. The molecule has 8 heteroatoms. The number of aromatic nitrogens is 1. The molecule has 0 saturated carbocycles. The molecule has 0 unspecified atom stereocenters. The number of hydrogen-bond acceptors (Lipinski definition) is 7. The molecule has 26 heavy (non-hydrogen) atoms. The molecule has 0 fully saturated rings. The van der Waals surface area contributed by atoms with E-state index < -0.39 is 0 Å². The molecular formula is C18H17ClN4O2S. The van der Waals surface area contributed by atoms with E-state index >= 15 is 0 Å². The Morgan fingerprint density at radius 2 is 2.08 bits per heavy atom. The summed E-state index contributed by atoms with van der Waals surface area (Å²) >= 11 is 7.29. The van der Waals surface area contributed by atoms with Crippen molar-refractivity contribution in [2.24, 2.45) is 5.10 Å². The van der Waals surface area contributed by atoms with Gasteiger partial charge in [-0.15, -0.1) is 11.3 Å². The highest BCUT2D eigenvalue weighted by atomic mass is 35.5. The molecule has 0 spiro atoms. The molecule has 6 nitrogen and oxygen atoms in total. The van der Waals surface area contributed by atoms with E-state index in [0.717, 1.165) is 11.1 Å². The highest BCUT2D eigenvalue weighted by Crippen LogP contribution is 2.31. The van der Waals surface area contributed by atoms with Gasteiger partial charge in [-0.25, -0.2) is 4.98 Å². The molecular weight excluding hydrogens is 372 g/mol. The summed E-state index contributed by atoms with van der Waals surface area (Å²) in [6, 6.07) is 13.1. The Bertz CT molecular complexity index is 896. The zero-order valence-electron chi connectivity index (χ0n) is 14.0. The average Bonchev–Trinajstić information content (AvgIpc) is 3.07. The van der Waals surface area contributed by atoms with Crippen molar-refractivity contribution in [3.8, 4) is 11.5 Å². The van der Waals surface area contributed by atoms with Gasteiger partial charge in [0.25, 0.3) is 0 Å². The summed E-state index contributed by atoms with van der Waals surface area (Å²) in [5, 5.41) is 7.24. The normalized spacial score (nSPS) is 10.8. The molecule has 2 aromatic carbocycles. The van der Waals surface area contributed by atoms with Gasteiger partial charge in [-0.3, -0.25) is 5.43 Å². The number of nitrogen functional groups attached to an aromatic ring is 1. The highest BCUT2D eigenvalue weighted by molar-refractivity contribution is 7.14. The Kier molecular flexibility index (Phi) is 5.93. The SMILES string of the molecule is COc1cccc(C=NNc2nc(N)cs2)c1OCc1ccc(Cl)cc1. The number of para-hydroxylation sites is 1. The van der Waals surface area contributed by atoms with E-state index in [2.05, 4.69) is 15.5 Å². The number of anilines is 2. The van der Waals surface area contributed by atoms with E-state index in [-0.39, 0.29) is 0 Å². The van der Waals surface area contributed by atoms with Gasteiger partial charge in [0, 0.05) is 16.0 Å². The quantitative estimate of drug-likeness (QED) is 0.462. The van der Waals surface area contributed by atoms with Gasteiger partial charge in [0.1, 0.15) is 12.4 Å². The van der Waals surface area contributed by atoms with Crippen molar-refractivity contribution in [1.82, 2.24) is 4.98 Å². The lowest BCUT2D eigenvalue weighted by Crippen LogP contribution is -2.01. The highest BCUT2D eigenvalue weighted by Gasteiger charge is 2.10. The van der Waals surface area contributed by atoms with Crippen LogP contribution >= 0.6 is 22.9 Å². The van der Waals surface area contributed by atoms with Crippen LogP contribution in [-0.2, 0) is 6.61 Å². The zero-order valence-corrected chi connectivity index (χ0v) is 15.6. The minimum atomic E-state index is 0.384. The van der Waals surface area contributed by atoms with Crippen molar-refractivity contribution in [2.75, 3.05) is 18.3 Å². The maximum absolute atomic E-state index is 5.97. The lowest BCUT2D eigenvalue weighted by atomic mass is 10.2. The number of halogens is 1. The first-order chi connectivity index (χ1) is 12.7. The molecule has 0 aliphatic heterocycles. The van der Waals surface area contributed by atoms with E-state index in [1.165, 1.54) is 11.3 Å². The van der Waals surface area contributed by atoms with Crippen LogP contribution in [0.25, 0.3) is 0 Å². The third-order valence-corrected chi connectivity index (χ3v) is 4.43. The average molecular weight is 389 g/mol. The van der Waals surface area contributed by atoms with E-state index in [4.69, 9.17) is 26.8 Å². The van der Waals surface area contributed by atoms with Gasteiger partial charge in [-0.1, -0.05) is 29.8 Å². The number of hydrazone groups is 1. The van der Waals surface area contributed by atoms with Crippen LogP contribution in [-0.4, -0.2) is 18.3 Å². The predicted octanol–water partition coefficient (Wildman–Crippen LogP) is 4.41. The van der Waals surface area contributed by atoms with Gasteiger partial charge in [-0.05, 0) is 29.8 Å². The molecule has 0 radical (unpaired) electrons. The Hall–Kier alpha value is -2.77. The largest absolute Gasteiger partial charge is 0.493 e. The summed E-state index contributed by atoms with van der Waals surface area (Å²) in [7, 11) is 1.60. The van der Waals surface area contributed by atoms with Crippen LogP contribution in [0.5, 0.6) is 11.5 Å². The summed E-state index contributed by atoms with van der Waals surface area (Å²) in [5.74, 6) is 1.69. The second kappa shape index (κ2) is 8.55. The van der Waals surface area contributed by atoms with Gasteiger partial charge in [0.15, 0.2) is 11.5 Å². The van der Waals surface area contributed by atoms with Crippen molar-refractivity contribution in [3.63, 3.8) is 0 Å². The molecule has 0 atom stereocenters. The van der Waals surface area contributed by atoms with Crippen LogP contribution < -0.4 is 20.6 Å². The minimum Gasteiger partial charge on any atom is -0.493 e. The van der Waals surface area contributed by atoms with Crippen molar-refractivity contribution >= 4 is 40.1 Å². The summed E-state index contributed by atoms with van der Waals surface area (Å²) in [4.78, 5) is 4.09. The summed E-state index contributed by atoms with van der Waals surface area (Å²) in [6.07, 6.45) is 1.65. The fourth-order valence-corrected chi connectivity index (χ4v) is 2.85. The van der Waals surface area contributed by atoms with Crippen LogP contribution in [0.4, 0.5) is 10.9 Å². The molecule has 3 rings (SSSR count). The lowest BCUT2D eigenvalue weighted by molar-refractivity contribution is 0.284. The van der Waals surface area contributed by atoms with Crippen LogP contribution in [0.1, 0.15) is 11.1 Å². The summed E-state index contributed by atoms with van der Waals surface area (Å²) in [6.45, 7) is 0.384. The molecule has 3 N–H and O–H groups in total. The number of nitrogens with two attached hydrogens (primary N) is 1. The number of methoxy groups -OCH3 is 1.